The lowest BCUT2D eigenvalue weighted by atomic mass is 9.89. The summed E-state index contributed by atoms with van der Waals surface area (Å²) in [5, 5.41) is 3.87. The Morgan fingerprint density at radius 2 is 2.11 bits per heavy atom. The molecule has 0 aliphatic heterocycles. The van der Waals surface area contributed by atoms with Crippen LogP contribution in [0.2, 0.25) is 0 Å². The Hall–Kier alpha value is -1.84. The molecule has 2 aromatic heterocycles. The topological polar surface area (TPSA) is 48.0 Å². The van der Waals surface area contributed by atoms with Crippen molar-refractivity contribution in [3.63, 3.8) is 0 Å². The lowest BCUT2D eigenvalue weighted by molar-refractivity contribution is 0.393. The van der Waals surface area contributed by atoms with Gasteiger partial charge >= 0.3 is 0 Å². The zero-order valence-electron chi connectivity index (χ0n) is 11.2. The average Bonchev–Trinajstić information content (AvgIpc) is 2.66. The second-order valence-corrected chi connectivity index (χ2v) is 5.74. The van der Waals surface area contributed by atoms with E-state index in [1.165, 1.54) is 4.57 Å². The normalized spacial score (nSPS) is 11.8. The number of rotatable bonds is 2. The van der Waals surface area contributed by atoms with Crippen molar-refractivity contribution in [2.75, 3.05) is 0 Å². The second-order valence-electron chi connectivity index (χ2n) is 5.74. The minimum atomic E-state index is -0.0271. The molecule has 96 valence electrons. The molecule has 2 aromatic rings. The van der Waals surface area contributed by atoms with Gasteiger partial charge in [-0.15, -0.1) is 0 Å². The molecule has 0 aromatic carbocycles. The monoisotopic (exact) mass is 246 g/mol. The van der Waals surface area contributed by atoms with Crippen molar-refractivity contribution in [3.8, 4) is 5.82 Å². The first kappa shape index (κ1) is 12.6. The van der Waals surface area contributed by atoms with E-state index in [0.29, 0.717) is 11.6 Å². The molecular weight excluding hydrogens is 228 g/mol. The Balaban J connectivity index is 2.46. The standard InChI is InChI=1S/C14H18N2O2/c1-10-8-12(15-18-10)16-7-5-6-11(13(16)17)9-14(2,3)4/h5-8H,9H2,1-4H3. The number of hydrogen-bond donors (Lipinski definition) is 0. The third-order valence-electron chi connectivity index (χ3n) is 2.61. The Morgan fingerprint density at radius 1 is 1.39 bits per heavy atom. The highest BCUT2D eigenvalue weighted by Crippen LogP contribution is 2.18. The minimum absolute atomic E-state index is 0.0271. The van der Waals surface area contributed by atoms with Crippen molar-refractivity contribution >= 4 is 0 Å². The van der Waals surface area contributed by atoms with E-state index >= 15 is 0 Å². The van der Waals surface area contributed by atoms with Crippen molar-refractivity contribution in [2.24, 2.45) is 5.41 Å². The van der Waals surface area contributed by atoms with E-state index in [0.717, 1.165) is 12.0 Å². The second kappa shape index (κ2) is 4.44. The van der Waals surface area contributed by atoms with Crippen LogP contribution in [0.25, 0.3) is 5.82 Å². The van der Waals surface area contributed by atoms with Crippen LogP contribution in [0.1, 0.15) is 32.1 Å². The Kier molecular flexibility index (Phi) is 3.11. The first-order valence-electron chi connectivity index (χ1n) is 6.01. The van der Waals surface area contributed by atoms with Gasteiger partial charge in [0, 0.05) is 17.8 Å². The van der Waals surface area contributed by atoms with Crippen LogP contribution < -0.4 is 5.56 Å². The Morgan fingerprint density at radius 3 is 2.67 bits per heavy atom. The molecular formula is C14H18N2O2. The molecule has 2 heterocycles. The maximum atomic E-state index is 12.3. The summed E-state index contributed by atoms with van der Waals surface area (Å²) in [6, 6.07) is 5.49. The Labute approximate surface area is 106 Å². The first-order valence-corrected chi connectivity index (χ1v) is 6.01. The summed E-state index contributed by atoms with van der Waals surface area (Å²) in [6.45, 7) is 8.15. The third kappa shape index (κ3) is 2.70. The molecule has 4 heteroatoms. The van der Waals surface area contributed by atoms with Crippen LogP contribution in [0.4, 0.5) is 0 Å². The van der Waals surface area contributed by atoms with Gasteiger partial charge in [0.1, 0.15) is 5.76 Å². The highest BCUT2D eigenvalue weighted by atomic mass is 16.5. The summed E-state index contributed by atoms with van der Waals surface area (Å²) in [5.74, 6) is 1.23. The van der Waals surface area contributed by atoms with E-state index in [1.807, 2.05) is 12.1 Å². The molecule has 0 saturated heterocycles. The van der Waals surface area contributed by atoms with Crippen molar-refractivity contribution < 1.29 is 4.52 Å². The summed E-state index contributed by atoms with van der Waals surface area (Å²) in [7, 11) is 0. The van der Waals surface area contributed by atoms with E-state index in [9.17, 15) is 4.79 Å². The summed E-state index contributed by atoms with van der Waals surface area (Å²) in [4.78, 5) is 12.3. The van der Waals surface area contributed by atoms with E-state index in [2.05, 4.69) is 25.9 Å². The zero-order chi connectivity index (χ0) is 13.3. The molecule has 0 N–H and O–H groups in total. The van der Waals surface area contributed by atoms with Gasteiger partial charge < -0.3 is 4.52 Å². The lowest BCUT2D eigenvalue weighted by Crippen LogP contribution is -2.25. The van der Waals surface area contributed by atoms with Crippen molar-refractivity contribution in [1.82, 2.24) is 9.72 Å². The smallest absolute Gasteiger partial charge is 0.259 e. The number of nitrogens with zero attached hydrogens (tertiary/aromatic N) is 2. The molecule has 18 heavy (non-hydrogen) atoms. The first-order chi connectivity index (χ1) is 8.37. The molecule has 0 aliphatic rings. The molecule has 0 spiro atoms. The maximum absolute atomic E-state index is 12.3. The van der Waals surface area contributed by atoms with Crippen LogP contribution >= 0.6 is 0 Å². The average molecular weight is 246 g/mol. The molecule has 0 unspecified atom stereocenters. The highest BCUT2D eigenvalue weighted by molar-refractivity contribution is 5.25. The fourth-order valence-electron chi connectivity index (χ4n) is 1.89. The van der Waals surface area contributed by atoms with E-state index in [-0.39, 0.29) is 11.0 Å². The summed E-state index contributed by atoms with van der Waals surface area (Å²) in [6.07, 6.45) is 2.45. The molecule has 4 nitrogen and oxygen atoms in total. The molecule has 0 saturated carbocycles. The summed E-state index contributed by atoms with van der Waals surface area (Å²) >= 11 is 0. The largest absolute Gasteiger partial charge is 0.360 e. The van der Waals surface area contributed by atoms with Crippen LogP contribution in [0.15, 0.2) is 33.7 Å². The van der Waals surface area contributed by atoms with Gasteiger partial charge in [-0.3, -0.25) is 9.36 Å². The molecule has 0 amide bonds. The van der Waals surface area contributed by atoms with Gasteiger partial charge in [-0.05, 0) is 24.8 Å². The zero-order valence-corrected chi connectivity index (χ0v) is 11.2. The highest BCUT2D eigenvalue weighted by Gasteiger charge is 2.15. The SMILES string of the molecule is Cc1cc(-n2cccc(CC(C)(C)C)c2=O)no1. The number of aryl methyl sites for hydroxylation is 1. The predicted octanol–water partition coefficient (Wildman–Crippen LogP) is 2.72. The molecule has 0 fully saturated rings. The van der Waals surface area contributed by atoms with Gasteiger partial charge in [-0.1, -0.05) is 32.0 Å². The van der Waals surface area contributed by atoms with Crippen molar-refractivity contribution in [2.45, 2.75) is 34.1 Å². The van der Waals surface area contributed by atoms with Gasteiger partial charge in [0.25, 0.3) is 5.56 Å². The van der Waals surface area contributed by atoms with Gasteiger partial charge in [0.2, 0.25) is 0 Å². The molecule has 0 aliphatic carbocycles. The van der Waals surface area contributed by atoms with E-state index < -0.39 is 0 Å². The van der Waals surface area contributed by atoms with Gasteiger partial charge in [-0.2, -0.15) is 0 Å². The van der Waals surface area contributed by atoms with Crippen LogP contribution in [0.5, 0.6) is 0 Å². The fourth-order valence-corrected chi connectivity index (χ4v) is 1.89. The molecule has 0 bridgehead atoms. The number of hydrogen-bond acceptors (Lipinski definition) is 3. The van der Waals surface area contributed by atoms with Gasteiger partial charge in [0.15, 0.2) is 5.82 Å². The molecule has 2 rings (SSSR count). The summed E-state index contributed by atoms with van der Waals surface area (Å²) < 4.78 is 6.53. The molecule has 0 atom stereocenters. The Bertz CT molecular complexity index is 603. The van der Waals surface area contributed by atoms with Crippen LogP contribution in [-0.2, 0) is 6.42 Å². The quantitative estimate of drug-likeness (QED) is 0.818. The van der Waals surface area contributed by atoms with Crippen LogP contribution in [0, 0.1) is 12.3 Å². The van der Waals surface area contributed by atoms with E-state index in [4.69, 9.17) is 4.52 Å². The van der Waals surface area contributed by atoms with Crippen molar-refractivity contribution in [1.29, 1.82) is 0 Å². The van der Waals surface area contributed by atoms with Gasteiger partial charge in [-0.25, -0.2) is 0 Å². The van der Waals surface area contributed by atoms with E-state index in [1.54, 1.807) is 19.2 Å². The van der Waals surface area contributed by atoms with Crippen LogP contribution in [0.3, 0.4) is 0 Å². The van der Waals surface area contributed by atoms with Crippen LogP contribution in [-0.4, -0.2) is 9.72 Å². The molecule has 0 radical (unpaired) electrons. The fraction of sp³-hybridized carbons (Fsp3) is 0.429. The third-order valence-corrected chi connectivity index (χ3v) is 2.61. The number of pyridine rings is 1. The lowest BCUT2D eigenvalue weighted by Gasteiger charge is -2.17. The maximum Gasteiger partial charge on any atom is 0.259 e. The van der Waals surface area contributed by atoms with Crippen molar-refractivity contribution in [3.05, 3.63) is 46.1 Å². The minimum Gasteiger partial charge on any atom is -0.360 e. The predicted molar refractivity (Wildman–Crippen MR) is 70.0 cm³/mol. The summed E-state index contributed by atoms with van der Waals surface area (Å²) in [5.41, 5.74) is 0.851. The number of aromatic nitrogens is 2. The van der Waals surface area contributed by atoms with Gasteiger partial charge in [0.05, 0.1) is 0 Å².